The van der Waals surface area contributed by atoms with Crippen molar-refractivity contribution in [3.63, 3.8) is 0 Å². The molecule has 0 aliphatic carbocycles. The molecule has 0 spiro atoms. The second-order valence-electron chi connectivity index (χ2n) is 4.00. The number of nitrogens with two attached hydrogens (primary N) is 1. The fourth-order valence-electron chi connectivity index (χ4n) is 1.46. The molecule has 0 unspecified atom stereocenters. The summed E-state index contributed by atoms with van der Waals surface area (Å²) in [6.07, 6.45) is 0.539. The molecule has 0 aliphatic heterocycles. The first-order chi connectivity index (χ1) is 8.87. The average Bonchev–Trinajstić information content (AvgIpc) is 2.32. The van der Waals surface area contributed by atoms with Gasteiger partial charge in [-0.1, -0.05) is 24.6 Å². The Balaban J connectivity index is 2.60. The van der Waals surface area contributed by atoms with Gasteiger partial charge in [0.15, 0.2) is 9.84 Å². The van der Waals surface area contributed by atoms with E-state index >= 15 is 0 Å². The molecule has 0 fully saturated rings. The summed E-state index contributed by atoms with van der Waals surface area (Å²) in [7, 11) is -3.16. The van der Waals surface area contributed by atoms with Gasteiger partial charge in [-0.2, -0.15) is 0 Å². The van der Waals surface area contributed by atoms with E-state index < -0.39 is 15.8 Å². The van der Waals surface area contributed by atoms with E-state index in [1.54, 1.807) is 19.1 Å². The lowest BCUT2D eigenvalue weighted by atomic mass is 10.2. The van der Waals surface area contributed by atoms with Crippen molar-refractivity contribution in [1.82, 2.24) is 0 Å². The summed E-state index contributed by atoms with van der Waals surface area (Å²) >= 11 is 5.86. The molecule has 0 atom stereocenters. The maximum Gasteiger partial charge on any atom is 0.339 e. The summed E-state index contributed by atoms with van der Waals surface area (Å²) in [4.78, 5) is 11.7. The van der Waals surface area contributed by atoms with E-state index in [0.29, 0.717) is 6.42 Å². The minimum absolute atomic E-state index is 0.0869. The molecule has 1 aromatic rings. The van der Waals surface area contributed by atoms with Gasteiger partial charge in [0.1, 0.15) is 6.61 Å². The van der Waals surface area contributed by atoms with E-state index in [1.165, 1.54) is 6.07 Å². The number of hydrogen-bond acceptors (Lipinski definition) is 5. The molecule has 0 bridgehead atoms. The lowest BCUT2D eigenvalue weighted by molar-refractivity contribution is 0.0529. The summed E-state index contributed by atoms with van der Waals surface area (Å²) in [6, 6.07) is 4.61. The van der Waals surface area contributed by atoms with Crippen LogP contribution in [0.15, 0.2) is 18.2 Å². The number of sulfone groups is 1. The first-order valence-electron chi connectivity index (χ1n) is 5.79. The third-order valence-corrected chi connectivity index (χ3v) is 4.63. The molecule has 0 amide bonds. The molecule has 106 valence electrons. The second-order valence-corrected chi connectivity index (χ2v) is 6.68. The van der Waals surface area contributed by atoms with Crippen LogP contribution < -0.4 is 5.73 Å². The van der Waals surface area contributed by atoms with E-state index in [4.69, 9.17) is 22.1 Å². The minimum Gasteiger partial charge on any atom is -0.461 e. The maximum absolute atomic E-state index is 11.7. The maximum atomic E-state index is 11.7. The van der Waals surface area contributed by atoms with Crippen molar-refractivity contribution < 1.29 is 17.9 Å². The normalized spacial score (nSPS) is 11.3. The molecule has 5 nitrogen and oxygen atoms in total. The van der Waals surface area contributed by atoms with Gasteiger partial charge in [-0.05, 0) is 18.6 Å². The summed E-state index contributed by atoms with van der Waals surface area (Å²) in [6.45, 7) is 1.59. The van der Waals surface area contributed by atoms with Gasteiger partial charge in [0, 0.05) is 0 Å². The predicted molar refractivity (Wildman–Crippen MR) is 75.1 cm³/mol. The first-order valence-corrected chi connectivity index (χ1v) is 7.99. The molecule has 1 rings (SSSR count). The van der Waals surface area contributed by atoms with Gasteiger partial charge in [0.25, 0.3) is 0 Å². The van der Waals surface area contributed by atoms with E-state index in [2.05, 4.69) is 0 Å². The Bertz CT molecular complexity index is 557. The zero-order valence-corrected chi connectivity index (χ0v) is 12.1. The number of nitrogen functional groups attached to an aromatic ring is 1. The standard InChI is InChI=1S/C12H16ClNO4S/c1-2-7-19(16,17)8-6-18-12(15)9-4-3-5-10(14)11(9)13/h3-5H,2,6-8,14H2,1H3. The van der Waals surface area contributed by atoms with Gasteiger partial charge >= 0.3 is 5.97 Å². The van der Waals surface area contributed by atoms with Crippen LogP contribution >= 0.6 is 11.6 Å². The third kappa shape index (κ3) is 4.72. The van der Waals surface area contributed by atoms with Crippen molar-refractivity contribution in [2.24, 2.45) is 0 Å². The highest BCUT2D eigenvalue weighted by molar-refractivity contribution is 7.91. The third-order valence-electron chi connectivity index (χ3n) is 2.39. The number of anilines is 1. The van der Waals surface area contributed by atoms with Crippen molar-refractivity contribution >= 4 is 33.1 Å². The lowest BCUT2D eigenvalue weighted by Crippen LogP contribution is -2.18. The van der Waals surface area contributed by atoms with Crippen LogP contribution in [0.5, 0.6) is 0 Å². The Morgan fingerprint density at radius 1 is 1.37 bits per heavy atom. The summed E-state index contributed by atoms with van der Waals surface area (Å²) in [5.74, 6) is -0.778. The second kappa shape index (κ2) is 6.77. The van der Waals surface area contributed by atoms with Crippen LogP contribution in [-0.2, 0) is 14.6 Å². The van der Waals surface area contributed by atoms with E-state index in [0.717, 1.165) is 0 Å². The molecule has 2 N–H and O–H groups in total. The van der Waals surface area contributed by atoms with E-state index in [9.17, 15) is 13.2 Å². The van der Waals surface area contributed by atoms with Gasteiger partial charge in [-0.15, -0.1) is 0 Å². The highest BCUT2D eigenvalue weighted by atomic mass is 35.5. The van der Waals surface area contributed by atoms with Gasteiger partial charge in [0.05, 0.1) is 27.8 Å². The number of ether oxygens (including phenoxy) is 1. The highest BCUT2D eigenvalue weighted by Gasteiger charge is 2.15. The molecule has 0 aliphatic rings. The van der Waals surface area contributed by atoms with Crippen LogP contribution in [0.4, 0.5) is 5.69 Å². The van der Waals surface area contributed by atoms with Crippen LogP contribution in [0, 0.1) is 0 Å². The van der Waals surface area contributed by atoms with Crippen LogP contribution in [-0.4, -0.2) is 32.5 Å². The van der Waals surface area contributed by atoms with Gasteiger partial charge in [-0.3, -0.25) is 0 Å². The van der Waals surface area contributed by atoms with Crippen LogP contribution in [0.3, 0.4) is 0 Å². The molecule has 0 aromatic heterocycles. The number of benzene rings is 1. The van der Waals surface area contributed by atoms with Gasteiger partial charge < -0.3 is 10.5 Å². The Kier molecular flexibility index (Phi) is 5.62. The van der Waals surface area contributed by atoms with Crippen LogP contribution in [0.2, 0.25) is 5.02 Å². The monoisotopic (exact) mass is 305 g/mol. The molecule has 19 heavy (non-hydrogen) atoms. The quantitative estimate of drug-likeness (QED) is 0.641. The molecule has 7 heteroatoms. The first kappa shape index (κ1) is 15.8. The number of rotatable bonds is 6. The molecule has 0 radical (unpaired) electrons. The zero-order valence-electron chi connectivity index (χ0n) is 10.6. The molecular formula is C12H16ClNO4S. The van der Waals surface area contributed by atoms with Crippen molar-refractivity contribution in [2.75, 3.05) is 23.8 Å². The smallest absolute Gasteiger partial charge is 0.339 e. The van der Waals surface area contributed by atoms with Gasteiger partial charge in [-0.25, -0.2) is 13.2 Å². The van der Waals surface area contributed by atoms with Crippen molar-refractivity contribution in [3.8, 4) is 0 Å². The average molecular weight is 306 g/mol. The Morgan fingerprint density at radius 3 is 2.68 bits per heavy atom. The molecular weight excluding hydrogens is 290 g/mol. The minimum atomic E-state index is -3.16. The fraction of sp³-hybridized carbons (Fsp3) is 0.417. The Hall–Kier alpha value is -1.27. The lowest BCUT2D eigenvalue weighted by Gasteiger charge is -2.07. The van der Waals surface area contributed by atoms with Crippen molar-refractivity contribution in [1.29, 1.82) is 0 Å². The number of esters is 1. The molecule has 0 heterocycles. The molecule has 1 aromatic carbocycles. The number of hydrogen-bond donors (Lipinski definition) is 1. The largest absolute Gasteiger partial charge is 0.461 e. The topological polar surface area (TPSA) is 86.5 Å². The Labute approximate surface area is 117 Å². The summed E-state index contributed by atoms with van der Waals surface area (Å²) in [5, 5.41) is 0.115. The number of carbonyl (C=O) groups is 1. The SMILES string of the molecule is CCCS(=O)(=O)CCOC(=O)c1cccc(N)c1Cl. The van der Waals surface area contributed by atoms with E-state index in [1.807, 2.05) is 0 Å². The summed E-state index contributed by atoms with van der Waals surface area (Å²) < 4.78 is 27.8. The van der Waals surface area contributed by atoms with Crippen molar-refractivity contribution in [3.05, 3.63) is 28.8 Å². The Morgan fingerprint density at radius 2 is 2.05 bits per heavy atom. The van der Waals surface area contributed by atoms with Crippen LogP contribution in [0.25, 0.3) is 0 Å². The van der Waals surface area contributed by atoms with Crippen molar-refractivity contribution in [2.45, 2.75) is 13.3 Å². The predicted octanol–water partition coefficient (Wildman–Crippen LogP) is 1.90. The van der Waals surface area contributed by atoms with E-state index in [-0.39, 0.29) is 34.4 Å². The number of carbonyl (C=O) groups excluding carboxylic acids is 1. The fourth-order valence-corrected chi connectivity index (χ4v) is 2.83. The van der Waals surface area contributed by atoms with Gasteiger partial charge in [0.2, 0.25) is 0 Å². The highest BCUT2D eigenvalue weighted by Crippen LogP contribution is 2.23. The molecule has 0 saturated carbocycles. The molecule has 0 saturated heterocycles. The number of halogens is 1. The van der Waals surface area contributed by atoms with Crippen LogP contribution in [0.1, 0.15) is 23.7 Å². The zero-order chi connectivity index (χ0) is 14.5. The summed E-state index contributed by atoms with van der Waals surface area (Å²) in [5.41, 5.74) is 5.97.